The fourth-order valence-electron chi connectivity index (χ4n) is 4.91. The molecule has 0 saturated heterocycles. The molecule has 3 atom stereocenters. The summed E-state index contributed by atoms with van der Waals surface area (Å²) >= 11 is 0. The van der Waals surface area contributed by atoms with Crippen molar-refractivity contribution in [2.75, 3.05) is 0 Å². The first kappa shape index (κ1) is 50.2. The van der Waals surface area contributed by atoms with E-state index in [2.05, 4.69) is 6.92 Å². The molecule has 13 nitrogen and oxygen atoms in total. The topological polar surface area (TPSA) is 183 Å². The fraction of sp³-hybridized carbons (Fsp3) is 0.548. The van der Waals surface area contributed by atoms with Crippen LogP contribution in [0.1, 0.15) is 91.9 Å². The molecule has 2 rings (SSSR count). The molecule has 2 aromatic rings. The van der Waals surface area contributed by atoms with Gasteiger partial charge in [-0.3, -0.25) is 9.11 Å². The molecule has 2 N–H and O–H groups in total. The van der Waals surface area contributed by atoms with E-state index in [0.717, 1.165) is 49.9 Å². The molecule has 0 heterocycles. The minimum atomic E-state index is -4.42. The molecule has 0 aliphatic carbocycles. The Balaban J connectivity index is 0. The summed E-state index contributed by atoms with van der Waals surface area (Å²) in [6, 6.07) is 8.79. The number of benzene rings is 2. The van der Waals surface area contributed by atoms with Gasteiger partial charge in [0, 0.05) is 6.04 Å². The zero-order chi connectivity index (χ0) is 34.3. The Hall–Kier alpha value is -0.950. The van der Waals surface area contributed by atoms with Crippen molar-refractivity contribution in [3.05, 3.63) is 48.5 Å². The predicted octanol–water partition coefficient (Wildman–Crippen LogP) is 6.34. The Bertz CT molecular complexity index is 1370. The number of hydrogen-bond donors (Lipinski definition) is 2. The number of unbranched alkanes of at least 4 members (excludes halogenated alkanes) is 8. The third-order valence-electron chi connectivity index (χ3n) is 7.25. The number of hydrogen-bond acceptors (Lipinski definition) is 11. The van der Waals surface area contributed by atoms with Crippen LogP contribution in [-0.2, 0) is 29.7 Å². The molecule has 0 spiro atoms. The van der Waals surface area contributed by atoms with E-state index in [-0.39, 0.29) is 98.9 Å². The Labute approximate surface area is 340 Å². The first-order valence-corrected chi connectivity index (χ1v) is 18.2. The Morgan fingerprint density at radius 2 is 0.959 bits per heavy atom. The zero-order valence-electron chi connectivity index (χ0n) is 27.1. The summed E-state index contributed by atoms with van der Waals surface area (Å²) in [7, 11) is -8.84. The molecule has 0 fully saturated rings. The van der Waals surface area contributed by atoms with Crippen molar-refractivity contribution in [2.24, 2.45) is 0 Å². The first-order chi connectivity index (χ1) is 21.6. The quantitative estimate of drug-likeness (QED) is 0.0403. The van der Waals surface area contributed by atoms with Gasteiger partial charge in [0.25, 0.3) is 20.2 Å². The summed E-state index contributed by atoms with van der Waals surface area (Å²) in [6.07, 6.45) is 6.95. The van der Waals surface area contributed by atoms with Crippen LogP contribution in [-0.4, -0.2) is 121 Å². The summed E-state index contributed by atoms with van der Waals surface area (Å²) in [4.78, 5) is 26.1. The molecule has 0 saturated carbocycles. The molecule has 49 heavy (non-hydrogen) atoms. The number of carbonyl (C=O) groups is 2. The third-order valence-corrected chi connectivity index (χ3v) is 8.99. The molecular formula is C31H48ClNNa2O12S2. The van der Waals surface area contributed by atoms with Crippen LogP contribution in [0.3, 0.4) is 0 Å². The van der Waals surface area contributed by atoms with Crippen LogP contribution in [0, 0.1) is 0 Å². The van der Waals surface area contributed by atoms with E-state index in [1.165, 1.54) is 56.4 Å². The standard InChI is InChI=1S/C31H45NO12S2.ClH.2Na.2H/c1-5-6-7-8-9-10-11-12-13-14-23(2)32(24(3)41-30(33)43-26-15-19-28(20-16-26)45(35,36)37)25(4)42-31(34)44-27-17-21-29(22-18-27)46(38,39)40;;;;;/h15-25H,5-14H2,1-4H3,(H,35,36,37)(H,38,39,40);1H;;;;. The van der Waals surface area contributed by atoms with Crippen LogP contribution in [0.4, 0.5) is 9.59 Å². The van der Waals surface area contributed by atoms with Gasteiger partial charge in [-0.25, -0.2) is 14.5 Å². The van der Waals surface area contributed by atoms with Crippen molar-refractivity contribution in [3.63, 3.8) is 0 Å². The second-order valence-corrected chi connectivity index (χ2v) is 13.8. The Morgan fingerprint density at radius 1 is 0.633 bits per heavy atom. The van der Waals surface area contributed by atoms with Crippen molar-refractivity contribution < 1.29 is 54.5 Å². The van der Waals surface area contributed by atoms with E-state index in [4.69, 9.17) is 28.1 Å². The Morgan fingerprint density at radius 3 is 1.29 bits per heavy atom. The molecule has 0 aromatic heterocycles. The van der Waals surface area contributed by atoms with E-state index in [1.54, 1.807) is 18.7 Å². The number of rotatable bonds is 19. The van der Waals surface area contributed by atoms with E-state index in [9.17, 15) is 26.4 Å². The van der Waals surface area contributed by atoms with Crippen molar-refractivity contribution >= 4 is 104 Å². The molecule has 2 aromatic carbocycles. The maximum atomic E-state index is 12.6. The van der Waals surface area contributed by atoms with Crippen LogP contribution in [0.25, 0.3) is 0 Å². The number of halogens is 1. The summed E-state index contributed by atoms with van der Waals surface area (Å²) in [5, 5.41) is 0. The average Bonchev–Trinajstić information content (AvgIpc) is 2.95. The second-order valence-electron chi connectivity index (χ2n) is 10.9. The minimum absolute atomic E-state index is 0. The maximum absolute atomic E-state index is 12.6. The van der Waals surface area contributed by atoms with E-state index in [1.807, 2.05) is 6.92 Å². The fourth-order valence-corrected chi connectivity index (χ4v) is 5.87. The molecule has 3 unspecified atom stereocenters. The number of ether oxygens (including phenoxy) is 4. The van der Waals surface area contributed by atoms with Gasteiger partial charge in [-0.15, -0.1) is 12.4 Å². The summed E-state index contributed by atoms with van der Waals surface area (Å²) < 4.78 is 84.6. The van der Waals surface area contributed by atoms with Gasteiger partial charge in [0.2, 0.25) is 0 Å². The molecule has 0 aliphatic heterocycles. The SMILES string of the molecule is CCCCCCCCCCCC(C)N(C(C)OC(=O)Oc1ccc(S(=O)(=O)O)cc1)C(C)OC(=O)Oc1ccc(S(=O)(=O)O)cc1.Cl.[NaH].[NaH]. The normalized spacial score (nSPS) is 13.0. The monoisotopic (exact) mass is 771 g/mol. The molecule has 270 valence electrons. The van der Waals surface area contributed by atoms with Gasteiger partial charge in [-0.2, -0.15) is 16.8 Å². The zero-order valence-corrected chi connectivity index (χ0v) is 29.5. The van der Waals surface area contributed by atoms with Crippen LogP contribution in [0.2, 0.25) is 0 Å². The number of carbonyl (C=O) groups excluding carboxylic acids is 2. The van der Waals surface area contributed by atoms with Crippen LogP contribution in [0.15, 0.2) is 58.3 Å². The predicted molar refractivity (Wildman–Crippen MR) is 190 cm³/mol. The van der Waals surface area contributed by atoms with E-state index >= 15 is 0 Å². The van der Waals surface area contributed by atoms with Crippen molar-refractivity contribution in [3.8, 4) is 11.5 Å². The van der Waals surface area contributed by atoms with Crippen molar-refractivity contribution in [1.29, 1.82) is 0 Å². The Kier molecular flexibility index (Phi) is 25.7. The van der Waals surface area contributed by atoms with Crippen LogP contribution < -0.4 is 9.47 Å². The van der Waals surface area contributed by atoms with Crippen LogP contribution >= 0.6 is 12.4 Å². The molecule has 0 aliphatic rings. The van der Waals surface area contributed by atoms with Gasteiger partial charge in [0.05, 0.1) is 9.79 Å². The molecule has 0 bridgehead atoms. The summed E-state index contributed by atoms with van der Waals surface area (Å²) in [5.74, 6) is -0.0430. The van der Waals surface area contributed by atoms with Gasteiger partial charge >= 0.3 is 71.4 Å². The second kappa shape index (κ2) is 25.1. The summed E-state index contributed by atoms with van der Waals surface area (Å²) in [5.41, 5.74) is 0. The van der Waals surface area contributed by atoms with E-state index < -0.39 is 45.0 Å². The first-order valence-electron chi connectivity index (χ1n) is 15.3. The summed E-state index contributed by atoms with van der Waals surface area (Å²) in [6.45, 7) is 7.25. The van der Waals surface area contributed by atoms with Gasteiger partial charge in [-0.05, 0) is 75.7 Å². The molecule has 0 radical (unpaired) electrons. The number of nitrogens with zero attached hydrogens (tertiary/aromatic N) is 1. The molecular weight excluding hydrogens is 724 g/mol. The third kappa shape index (κ3) is 19.5. The van der Waals surface area contributed by atoms with Crippen molar-refractivity contribution in [1.82, 2.24) is 4.90 Å². The van der Waals surface area contributed by atoms with Crippen LogP contribution in [0.5, 0.6) is 11.5 Å². The van der Waals surface area contributed by atoms with Gasteiger partial charge in [0.15, 0.2) is 12.5 Å². The average molecular weight is 772 g/mol. The molecule has 0 amide bonds. The van der Waals surface area contributed by atoms with Crippen molar-refractivity contribution in [2.45, 2.75) is 120 Å². The van der Waals surface area contributed by atoms with Gasteiger partial charge in [-0.1, -0.05) is 64.7 Å². The van der Waals surface area contributed by atoms with E-state index in [0.29, 0.717) is 6.42 Å². The molecule has 18 heteroatoms. The van der Waals surface area contributed by atoms with Gasteiger partial charge in [0.1, 0.15) is 11.5 Å². The van der Waals surface area contributed by atoms with Gasteiger partial charge < -0.3 is 18.9 Å².